The van der Waals surface area contributed by atoms with Gasteiger partial charge < -0.3 is 5.32 Å². The van der Waals surface area contributed by atoms with Crippen molar-refractivity contribution in [2.75, 3.05) is 0 Å². The molecule has 5 heteroatoms. The van der Waals surface area contributed by atoms with Crippen molar-refractivity contribution >= 4 is 5.69 Å². The van der Waals surface area contributed by atoms with Gasteiger partial charge in [-0.15, -0.1) is 6.58 Å². The van der Waals surface area contributed by atoms with Gasteiger partial charge in [-0.25, -0.2) is 0 Å². The summed E-state index contributed by atoms with van der Waals surface area (Å²) in [4.78, 5) is 9.64. The van der Waals surface area contributed by atoms with Crippen LogP contribution in [0.2, 0.25) is 0 Å². The second-order valence-corrected chi connectivity index (χ2v) is 3.45. The molecule has 86 valence electrons. The standard InChI is InChI=1S/C11H13FN2O2/c1-3-8(2)13-7-9-4-5-11(14(15)16)10(12)6-9/h3-6,8,13H,1,7H2,2H3. The quantitative estimate of drug-likeness (QED) is 0.474. The number of halogens is 1. The van der Waals surface area contributed by atoms with Crippen molar-refractivity contribution < 1.29 is 9.31 Å². The average Bonchev–Trinajstić information content (AvgIpc) is 2.25. The van der Waals surface area contributed by atoms with Crippen LogP contribution in [0.5, 0.6) is 0 Å². The number of nitro benzene ring substituents is 1. The van der Waals surface area contributed by atoms with Crippen LogP contribution < -0.4 is 5.32 Å². The van der Waals surface area contributed by atoms with Crippen molar-refractivity contribution in [2.24, 2.45) is 0 Å². The molecule has 0 fully saturated rings. The summed E-state index contributed by atoms with van der Waals surface area (Å²) >= 11 is 0. The van der Waals surface area contributed by atoms with Crippen LogP contribution in [-0.2, 0) is 6.54 Å². The highest BCUT2D eigenvalue weighted by atomic mass is 19.1. The van der Waals surface area contributed by atoms with Gasteiger partial charge in [0, 0.05) is 18.7 Å². The molecule has 0 spiro atoms. The Morgan fingerprint density at radius 1 is 1.69 bits per heavy atom. The molecule has 0 heterocycles. The molecule has 1 N–H and O–H groups in total. The minimum atomic E-state index is -0.810. The van der Waals surface area contributed by atoms with Gasteiger partial charge in [-0.3, -0.25) is 10.1 Å². The van der Waals surface area contributed by atoms with Crippen molar-refractivity contribution in [1.29, 1.82) is 0 Å². The Balaban J connectivity index is 2.73. The average molecular weight is 224 g/mol. The molecule has 0 aromatic heterocycles. The molecule has 0 aliphatic rings. The predicted molar refractivity (Wildman–Crippen MR) is 59.6 cm³/mol. The van der Waals surface area contributed by atoms with Crippen LogP contribution in [0.4, 0.5) is 10.1 Å². The van der Waals surface area contributed by atoms with E-state index in [4.69, 9.17) is 0 Å². The van der Waals surface area contributed by atoms with Gasteiger partial charge in [-0.1, -0.05) is 12.1 Å². The third-order valence-corrected chi connectivity index (χ3v) is 2.19. The first-order valence-electron chi connectivity index (χ1n) is 4.83. The molecular formula is C11H13FN2O2. The van der Waals surface area contributed by atoms with E-state index < -0.39 is 16.4 Å². The van der Waals surface area contributed by atoms with Crippen LogP contribution in [0.1, 0.15) is 12.5 Å². The summed E-state index contributed by atoms with van der Waals surface area (Å²) in [6.07, 6.45) is 1.72. The minimum absolute atomic E-state index is 0.109. The third-order valence-electron chi connectivity index (χ3n) is 2.19. The maximum absolute atomic E-state index is 13.2. The molecule has 1 aromatic carbocycles. The SMILES string of the molecule is C=CC(C)NCc1ccc([N+](=O)[O-])c(F)c1. The van der Waals surface area contributed by atoms with E-state index in [1.54, 1.807) is 6.08 Å². The highest BCUT2D eigenvalue weighted by Gasteiger charge is 2.13. The lowest BCUT2D eigenvalue weighted by Gasteiger charge is -2.08. The molecule has 1 aromatic rings. The van der Waals surface area contributed by atoms with Gasteiger partial charge in [0.2, 0.25) is 5.82 Å². The van der Waals surface area contributed by atoms with Crippen LogP contribution >= 0.6 is 0 Å². The minimum Gasteiger partial charge on any atom is -0.307 e. The normalized spacial score (nSPS) is 12.1. The van der Waals surface area contributed by atoms with Crippen LogP contribution in [0.25, 0.3) is 0 Å². The Morgan fingerprint density at radius 3 is 2.88 bits per heavy atom. The Bertz CT molecular complexity index is 407. The number of hydrogen-bond acceptors (Lipinski definition) is 3. The summed E-state index contributed by atoms with van der Waals surface area (Å²) in [7, 11) is 0. The van der Waals surface area contributed by atoms with E-state index in [0.29, 0.717) is 12.1 Å². The first kappa shape index (κ1) is 12.3. The van der Waals surface area contributed by atoms with Gasteiger partial charge in [0.05, 0.1) is 4.92 Å². The van der Waals surface area contributed by atoms with Gasteiger partial charge in [0.25, 0.3) is 0 Å². The number of nitro groups is 1. The Kier molecular flexibility index (Phi) is 4.13. The molecule has 0 saturated heterocycles. The number of nitrogens with zero attached hydrogens (tertiary/aromatic N) is 1. The summed E-state index contributed by atoms with van der Waals surface area (Å²) in [5.41, 5.74) is 0.164. The summed E-state index contributed by atoms with van der Waals surface area (Å²) in [6, 6.07) is 3.98. The number of rotatable bonds is 5. The van der Waals surface area contributed by atoms with Gasteiger partial charge in [-0.2, -0.15) is 4.39 Å². The molecule has 0 aliphatic heterocycles. The highest BCUT2D eigenvalue weighted by Crippen LogP contribution is 2.17. The fourth-order valence-electron chi connectivity index (χ4n) is 1.17. The largest absolute Gasteiger partial charge is 0.307 e. The van der Waals surface area contributed by atoms with Gasteiger partial charge in [0.1, 0.15) is 0 Å². The fourth-order valence-corrected chi connectivity index (χ4v) is 1.17. The van der Waals surface area contributed by atoms with E-state index in [-0.39, 0.29) is 6.04 Å². The lowest BCUT2D eigenvalue weighted by molar-refractivity contribution is -0.387. The smallest absolute Gasteiger partial charge is 0.304 e. The molecule has 0 radical (unpaired) electrons. The Labute approximate surface area is 92.9 Å². The molecule has 4 nitrogen and oxygen atoms in total. The Hall–Kier alpha value is -1.75. The van der Waals surface area contributed by atoms with Gasteiger partial charge >= 0.3 is 5.69 Å². The molecule has 0 amide bonds. The zero-order chi connectivity index (χ0) is 12.1. The molecule has 1 unspecified atom stereocenters. The van der Waals surface area contributed by atoms with E-state index >= 15 is 0 Å². The maximum Gasteiger partial charge on any atom is 0.304 e. The zero-order valence-electron chi connectivity index (χ0n) is 8.94. The molecular weight excluding hydrogens is 211 g/mol. The molecule has 1 rings (SSSR count). The topological polar surface area (TPSA) is 55.2 Å². The van der Waals surface area contributed by atoms with Crippen molar-refractivity contribution in [1.82, 2.24) is 5.32 Å². The predicted octanol–water partition coefficient (Wildman–Crippen LogP) is 2.40. The zero-order valence-corrected chi connectivity index (χ0v) is 8.94. The molecule has 0 bridgehead atoms. The molecule has 0 aliphatic carbocycles. The molecule has 1 atom stereocenters. The lowest BCUT2D eigenvalue weighted by Crippen LogP contribution is -2.22. The van der Waals surface area contributed by atoms with E-state index in [9.17, 15) is 14.5 Å². The van der Waals surface area contributed by atoms with E-state index in [2.05, 4.69) is 11.9 Å². The third kappa shape index (κ3) is 3.13. The number of hydrogen-bond donors (Lipinski definition) is 1. The summed E-state index contributed by atoms with van der Waals surface area (Å²) in [5, 5.41) is 13.5. The second-order valence-electron chi connectivity index (χ2n) is 3.45. The van der Waals surface area contributed by atoms with E-state index in [0.717, 1.165) is 0 Å². The van der Waals surface area contributed by atoms with E-state index in [1.165, 1.54) is 18.2 Å². The summed E-state index contributed by atoms with van der Waals surface area (Å²) in [6.45, 7) is 5.96. The molecule has 0 saturated carbocycles. The first-order valence-corrected chi connectivity index (χ1v) is 4.83. The second kappa shape index (κ2) is 5.37. The molecule has 16 heavy (non-hydrogen) atoms. The number of nitrogens with one attached hydrogen (secondary N) is 1. The summed E-state index contributed by atoms with van der Waals surface area (Å²) < 4.78 is 13.2. The van der Waals surface area contributed by atoms with Crippen LogP contribution in [0, 0.1) is 15.9 Å². The fraction of sp³-hybridized carbons (Fsp3) is 0.273. The highest BCUT2D eigenvalue weighted by molar-refractivity contribution is 5.34. The monoisotopic (exact) mass is 224 g/mol. The van der Waals surface area contributed by atoms with Crippen molar-refractivity contribution in [3.63, 3.8) is 0 Å². The van der Waals surface area contributed by atoms with Crippen LogP contribution in [-0.4, -0.2) is 11.0 Å². The maximum atomic E-state index is 13.2. The van der Waals surface area contributed by atoms with Crippen molar-refractivity contribution in [3.05, 3.63) is 52.3 Å². The van der Waals surface area contributed by atoms with Crippen LogP contribution in [0.15, 0.2) is 30.9 Å². The number of benzene rings is 1. The lowest BCUT2D eigenvalue weighted by atomic mass is 10.2. The van der Waals surface area contributed by atoms with Gasteiger partial charge in [0.15, 0.2) is 0 Å². The van der Waals surface area contributed by atoms with Crippen molar-refractivity contribution in [3.8, 4) is 0 Å². The van der Waals surface area contributed by atoms with Gasteiger partial charge in [-0.05, 0) is 18.6 Å². The first-order chi connectivity index (χ1) is 7.54. The van der Waals surface area contributed by atoms with Crippen LogP contribution in [0.3, 0.4) is 0 Å². The Morgan fingerprint density at radius 2 is 2.38 bits per heavy atom. The van der Waals surface area contributed by atoms with E-state index in [1.807, 2.05) is 6.92 Å². The van der Waals surface area contributed by atoms with Crippen molar-refractivity contribution in [2.45, 2.75) is 19.5 Å². The summed E-state index contributed by atoms with van der Waals surface area (Å²) in [5.74, 6) is -0.810.